The molecular weight excluding hydrogens is 274 g/mol. The van der Waals surface area contributed by atoms with Gasteiger partial charge in [0.2, 0.25) is 5.91 Å². The van der Waals surface area contributed by atoms with Crippen LogP contribution in [0.1, 0.15) is 32.9 Å². The van der Waals surface area contributed by atoms with E-state index in [0.29, 0.717) is 0 Å². The Morgan fingerprint density at radius 1 is 1.23 bits per heavy atom. The highest BCUT2D eigenvalue weighted by molar-refractivity contribution is 5.92. The third kappa shape index (κ3) is 4.04. The summed E-state index contributed by atoms with van der Waals surface area (Å²) in [6.45, 7) is 7.01. The molecular formula is C18H25N3O. The lowest BCUT2D eigenvalue weighted by Crippen LogP contribution is -2.25. The van der Waals surface area contributed by atoms with Crippen LogP contribution in [0.5, 0.6) is 0 Å². The van der Waals surface area contributed by atoms with Crippen molar-refractivity contribution in [3.8, 4) is 0 Å². The first kappa shape index (κ1) is 16.4. The van der Waals surface area contributed by atoms with E-state index in [0.717, 1.165) is 35.2 Å². The SMILES string of the molecule is CC(=O)Nc1ccc2nc(C(C)(C)CCN(C)C)ccc2c1. The number of nitrogens with zero attached hydrogens (tertiary/aromatic N) is 2. The van der Waals surface area contributed by atoms with E-state index in [1.807, 2.05) is 18.2 Å². The Kier molecular flexibility index (Phi) is 4.81. The average molecular weight is 299 g/mol. The summed E-state index contributed by atoms with van der Waals surface area (Å²) in [5.74, 6) is -0.0613. The predicted molar refractivity (Wildman–Crippen MR) is 92.2 cm³/mol. The standard InChI is InChI=1S/C18H25N3O/c1-13(22)19-15-7-8-16-14(12-15)6-9-17(20-16)18(2,3)10-11-21(4)5/h6-9,12H,10-11H2,1-5H3,(H,19,22). The fourth-order valence-electron chi connectivity index (χ4n) is 2.41. The summed E-state index contributed by atoms with van der Waals surface area (Å²) in [7, 11) is 4.18. The minimum atomic E-state index is -0.0613. The van der Waals surface area contributed by atoms with E-state index in [9.17, 15) is 4.79 Å². The average Bonchev–Trinajstić information content (AvgIpc) is 2.44. The summed E-state index contributed by atoms with van der Waals surface area (Å²) in [6, 6.07) is 10.00. The van der Waals surface area contributed by atoms with Crippen LogP contribution in [0.25, 0.3) is 10.9 Å². The number of rotatable bonds is 5. The van der Waals surface area contributed by atoms with E-state index >= 15 is 0 Å². The van der Waals surface area contributed by atoms with Gasteiger partial charge in [0.15, 0.2) is 0 Å². The third-order valence-corrected chi connectivity index (χ3v) is 3.89. The van der Waals surface area contributed by atoms with Crippen LogP contribution in [0.2, 0.25) is 0 Å². The van der Waals surface area contributed by atoms with Gasteiger partial charge in [-0.15, -0.1) is 0 Å². The molecule has 0 bridgehead atoms. The Bertz CT molecular complexity index is 677. The number of nitrogens with one attached hydrogen (secondary N) is 1. The van der Waals surface area contributed by atoms with Gasteiger partial charge in [-0.05, 0) is 51.3 Å². The Morgan fingerprint density at radius 3 is 2.59 bits per heavy atom. The molecule has 1 aromatic carbocycles. The molecule has 2 rings (SSSR count). The molecule has 4 heteroatoms. The van der Waals surface area contributed by atoms with Gasteiger partial charge in [-0.1, -0.05) is 19.9 Å². The largest absolute Gasteiger partial charge is 0.326 e. The highest BCUT2D eigenvalue weighted by Gasteiger charge is 2.22. The molecule has 0 spiro atoms. The molecule has 2 aromatic rings. The van der Waals surface area contributed by atoms with Gasteiger partial charge in [0.25, 0.3) is 0 Å². The molecule has 118 valence electrons. The fourth-order valence-corrected chi connectivity index (χ4v) is 2.41. The summed E-state index contributed by atoms with van der Waals surface area (Å²) in [6.07, 6.45) is 1.06. The number of hydrogen-bond acceptors (Lipinski definition) is 3. The Labute approximate surface area is 132 Å². The van der Waals surface area contributed by atoms with Gasteiger partial charge in [0, 0.05) is 29.1 Å². The molecule has 0 radical (unpaired) electrons. The number of fused-ring (bicyclic) bond motifs is 1. The van der Waals surface area contributed by atoms with E-state index in [4.69, 9.17) is 4.98 Å². The summed E-state index contributed by atoms with van der Waals surface area (Å²) in [4.78, 5) is 18.1. The first-order chi connectivity index (χ1) is 10.3. The molecule has 0 aliphatic carbocycles. The van der Waals surface area contributed by atoms with Crippen molar-refractivity contribution in [3.05, 3.63) is 36.0 Å². The smallest absolute Gasteiger partial charge is 0.221 e. The van der Waals surface area contributed by atoms with Gasteiger partial charge in [0.1, 0.15) is 0 Å². The number of benzene rings is 1. The normalized spacial score (nSPS) is 11.9. The number of aromatic nitrogens is 1. The molecule has 0 aliphatic heterocycles. The Morgan fingerprint density at radius 2 is 1.95 bits per heavy atom. The monoisotopic (exact) mass is 299 g/mol. The van der Waals surface area contributed by atoms with Crippen LogP contribution < -0.4 is 5.32 Å². The number of pyridine rings is 1. The lowest BCUT2D eigenvalue weighted by atomic mass is 9.84. The van der Waals surface area contributed by atoms with Gasteiger partial charge in [0.05, 0.1) is 5.52 Å². The van der Waals surface area contributed by atoms with Crippen molar-refractivity contribution < 1.29 is 4.79 Å². The molecule has 0 atom stereocenters. The Hall–Kier alpha value is -1.94. The summed E-state index contributed by atoms with van der Waals surface area (Å²) in [5, 5.41) is 3.84. The first-order valence-corrected chi connectivity index (χ1v) is 7.61. The van der Waals surface area contributed by atoms with Crippen molar-refractivity contribution in [1.29, 1.82) is 0 Å². The molecule has 1 amide bonds. The highest BCUT2D eigenvalue weighted by atomic mass is 16.1. The lowest BCUT2D eigenvalue weighted by Gasteiger charge is -2.26. The van der Waals surface area contributed by atoms with E-state index in [1.54, 1.807) is 0 Å². The molecule has 0 unspecified atom stereocenters. The van der Waals surface area contributed by atoms with Gasteiger partial charge >= 0.3 is 0 Å². The lowest BCUT2D eigenvalue weighted by molar-refractivity contribution is -0.114. The van der Waals surface area contributed by atoms with Crippen LogP contribution in [0, 0.1) is 0 Å². The van der Waals surface area contributed by atoms with Crippen molar-refractivity contribution >= 4 is 22.5 Å². The van der Waals surface area contributed by atoms with Crippen molar-refractivity contribution in [3.63, 3.8) is 0 Å². The first-order valence-electron chi connectivity index (χ1n) is 7.61. The van der Waals surface area contributed by atoms with Crippen molar-refractivity contribution in [2.75, 3.05) is 26.0 Å². The highest BCUT2D eigenvalue weighted by Crippen LogP contribution is 2.28. The quantitative estimate of drug-likeness (QED) is 0.920. The van der Waals surface area contributed by atoms with Crippen LogP contribution in [-0.2, 0) is 10.2 Å². The minimum absolute atomic E-state index is 0.0365. The van der Waals surface area contributed by atoms with E-state index in [-0.39, 0.29) is 11.3 Å². The van der Waals surface area contributed by atoms with Gasteiger partial charge in [-0.25, -0.2) is 0 Å². The maximum absolute atomic E-state index is 11.1. The molecule has 1 heterocycles. The molecule has 0 aliphatic rings. The van der Waals surface area contributed by atoms with Crippen molar-refractivity contribution in [1.82, 2.24) is 9.88 Å². The zero-order valence-corrected chi connectivity index (χ0v) is 14.1. The van der Waals surface area contributed by atoms with Crippen LogP contribution in [-0.4, -0.2) is 36.4 Å². The molecule has 0 fully saturated rings. The molecule has 0 saturated carbocycles. The van der Waals surface area contributed by atoms with Crippen LogP contribution in [0.15, 0.2) is 30.3 Å². The summed E-state index contributed by atoms with van der Waals surface area (Å²) >= 11 is 0. The second kappa shape index (κ2) is 6.44. The Balaban J connectivity index is 2.28. The van der Waals surface area contributed by atoms with E-state index in [2.05, 4.69) is 50.3 Å². The van der Waals surface area contributed by atoms with E-state index < -0.39 is 0 Å². The molecule has 0 saturated heterocycles. The number of anilines is 1. The summed E-state index contributed by atoms with van der Waals surface area (Å²) in [5.41, 5.74) is 2.91. The van der Waals surface area contributed by atoms with E-state index in [1.165, 1.54) is 6.92 Å². The van der Waals surface area contributed by atoms with Gasteiger partial charge in [-0.3, -0.25) is 9.78 Å². The summed E-state index contributed by atoms with van der Waals surface area (Å²) < 4.78 is 0. The molecule has 4 nitrogen and oxygen atoms in total. The maximum atomic E-state index is 11.1. The number of amides is 1. The zero-order valence-electron chi connectivity index (χ0n) is 14.1. The fraction of sp³-hybridized carbons (Fsp3) is 0.444. The van der Waals surface area contributed by atoms with Crippen molar-refractivity contribution in [2.24, 2.45) is 0 Å². The number of carbonyl (C=O) groups excluding carboxylic acids is 1. The van der Waals surface area contributed by atoms with Gasteiger partial charge in [-0.2, -0.15) is 0 Å². The van der Waals surface area contributed by atoms with Crippen LogP contribution >= 0.6 is 0 Å². The molecule has 1 aromatic heterocycles. The minimum Gasteiger partial charge on any atom is -0.326 e. The maximum Gasteiger partial charge on any atom is 0.221 e. The van der Waals surface area contributed by atoms with Crippen molar-refractivity contribution in [2.45, 2.75) is 32.6 Å². The number of carbonyl (C=O) groups is 1. The predicted octanol–water partition coefficient (Wildman–Crippen LogP) is 3.42. The van der Waals surface area contributed by atoms with Gasteiger partial charge < -0.3 is 10.2 Å². The van der Waals surface area contributed by atoms with Crippen LogP contribution in [0.3, 0.4) is 0 Å². The van der Waals surface area contributed by atoms with Crippen LogP contribution in [0.4, 0.5) is 5.69 Å². The second-order valence-corrected chi connectivity index (χ2v) is 6.72. The molecule has 22 heavy (non-hydrogen) atoms. The zero-order chi connectivity index (χ0) is 16.3. The number of hydrogen-bond donors (Lipinski definition) is 1. The topological polar surface area (TPSA) is 45.2 Å². The second-order valence-electron chi connectivity index (χ2n) is 6.72. The molecule has 1 N–H and O–H groups in total. The third-order valence-electron chi connectivity index (χ3n) is 3.89.